The van der Waals surface area contributed by atoms with Crippen molar-refractivity contribution >= 4 is 45.7 Å². The lowest BCUT2D eigenvalue weighted by atomic mass is 10.2. The Kier molecular flexibility index (Phi) is 9.78. The number of nitrogens with zero attached hydrogens (tertiary/aromatic N) is 4. The number of benzene rings is 2. The molecule has 0 saturated carbocycles. The van der Waals surface area contributed by atoms with E-state index in [2.05, 4.69) is 41.0 Å². The average Bonchev–Trinajstić information content (AvgIpc) is 2.91. The number of fused-ring (bicyclic) bond motifs is 1. The number of halogens is 1. The first kappa shape index (κ1) is 27.8. The number of methoxy groups -OCH3 is 1. The van der Waals surface area contributed by atoms with Gasteiger partial charge in [-0.3, -0.25) is 9.46 Å². The number of aromatic nitrogens is 2. The summed E-state index contributed by atoms with van der Waals surface area (Å²) < 4.78 is 30.6. The van der Waals surface area contributed by atoms with Crippen LogP contribution in [0.15, 0.2) is 47.2 Å². The van der Waals surface area contributed by atoms with E-state index >= 15 is 0 Å². The Morgan fingerprint density at radius 2 is 1.84 bits per heavy atom. The van der Waals surface area contributed by atoms with Crippen LogP contribution in [0.25, 0.3) is 10.9 Å². The lowest BCUT2D eigenvalue weighted by molar-refractivity contribution is 0.136. The minimum atomic E-state index is -2.52. The Morgan fingerprint density at radius 3 is 2.54 bits per heavy atom. The molecule has 0 radical (unpaired) electrons. The standard InChI is InChI=1S/C26H35BrN5O4P/c1-4-37(33,35-3)19-32-12-10-31(11-13-32)9-6-14-36-25-17-23-22(16-24(25)34-2)26(29-18-28-23)30-21-8-5-7-20(27)15-21/h5,7-8,15-18H,4,6,9-14,19H2,1-3H3,(H,28,29,30). The number of ether oxygens (including phenoxy) is 2. The van der Waals surface area contributed by atoms with Crippen molar-refractivity contribution in [2.24, 2.45) is 0 Å². The molecule has 1 aromatic heterocycles. The molecule has 1 aliphatic heterocycles. The molecule has 1 atom stereocenters. The first-order valence-electron chi connectivity index (χ1n) is 12.5. The number of piperazine rings is 1. The first-order valence-corrected chi connectivity index (χ1v) is 15.3. The van der Waals surface area contributed by atoms with Gasteiger partial charge in [0.25, 0.3) is 0 Å². The molecule has 37 heavy (non-hydrogen) atoms. The fraction of sp³-hybridized carbons (Fsp3) is 0.462. The van der Waals surface area contributed by atoms with E-state index in [9.17, 15) is 4.57 Å². The average molecular weight is 592 g/mol. The van der Waals surface area contributed by atoms with E-state index in [4.69, 9.17) is 14.0 Å². The van der Waals surface area contributed by atoms with E-state index < -0.39 is 7.37 Å². The highest BCUT2D eigenvalue weighted by Gasteiger charge is 2.25. The molecule has 1 saturated heterocycles. The molecule has 1 aliphatic rings. The van der Waals surface area contributed by atoms with Gasteiger partial charge in [0.05, 0.1) is 25.5 Å². The highest BCUT2D eigenvalue weighted by atomic mass is 79.9. The zero-order chi connectivity index (χ0) is 26.3. The molecular formula is C26H35BrN5O4P. The monoisotopic (exact) mass is 591 g/mol. The van der Waals surface area contributed by atoms with E-state index in [-0.39, 0.29) is 0 Å². The molecule has 1 unspecified atom stereocenters. The van der Waals surface area contributed by atoms with Crippen LogP contribution < -0.4 is 14.8 Å². The smallest absolute Gasteiger partial charge is 0.216 e. The third-order valence-electron chi connectivity index (χ3n) is 6.58. The number of nitrogens with one attached hydrogen (secondary N) is 1. The number of rotatable bonds is 12. The fourth-order valence-electron chi connectivity index (χ4n) is 4.36. The van der Waals surface area contributed by atoms with Crippen LogP contribution in [0.5, 0.6) is 11.5 Å². The molecule has 1 N–H and O–H groups in total. The van der Waals surface area contributed by atoms with Crippen molar-refractivity contribution in [1.82, 2.24) is 19.8 Å². The molecule has 0 amide bonds. The Morgan fingerprint density at radius 1 is 1.05 bits per heavy atom. The van der Waals surface area contributed by atoms with Crippen molar-refractivity contribution in [2.45, 2.75) is 13.3 Å². The second kappa shape index (κ2) is 13.0. The topological polar surface area (TPSA) is 89.1 Å². The van der Waals surface area contributed by atoms with Crippen LogP contribution in [-0.2, 0) is 9.09 Å². The second-order valence-electron chi connectivity index (χ2n) is 8.99. The van der Waals surface area contributed by atoms with Gasteiger partial charge in [-0.15, -0.1) is 0 Å². The predicted octanol–water partition coefficient (Wildman–Crippen LogP) is 5.43. The molecule has 2 heterocycles. The second-order valence-corrected chi connectivity index (χ2v) is 12.8. The summed E-state index contributed by atoms with van der Waals surface area (Å²) in [6.45, 7) is 7.17. The summed E-state index contributed by atoms with van der Waals surface area (Å²) in [4.78, 5) is 13.6. The van der Waals surface area contributed by atoms with Crippen molar-refractivity contribution < 1.29 is 18.6 Å². The molecule has 0 aliphatic carbocycles. The van der Waals surface area contributed by atoms with E-state index in [1.165, 1.54) is 0 Å². The fourth-order valence-corrected chi connectivity index (χ4v) is 6.22. The van der Waals surface area contributed by atoms with Crippen molar-refractivity contribution in [1.29, 1.82) is 0 Å². The molecule has 11 heteroatoms. The van der Waals surface area contributed by atoms with Gasteiger partial charge < -0.3 is 24.2 Å². The molecular weight excluding hydrogens is 557 g/mol. The van der Waals surface area contributed by atoms with Crippen LogP contribution in [0, 0.1) is 0 Å². The number of anilines is 2. The summed E-state index contributed by atoms with van der Waals surface area (Å²) in [5, 5.41) is 4.21. The highest BCUT2D eigenvalue weighted by molar-refractivity contribution is 9.10. The molecule has 1 fully saturated rings. The molecule has 0 bridgehead atoms. The van der Waals surface area contributed by atoms with E-state index in [1.807, 2.05) is 43.3 Å². The van der Waals surface area contributed by atoms with Gasteiger partial charge in [0, 0.05) is 67.6 Å². The van der Waals surface area contributed by atoms with Crippen LogP contribution in [0.2, 0.25) is 0 Å². The zero-order valence-electron chi connectivity index (χ0n) is 21.7. The molecule has 3 aromatic rings. The Hall–Kier alpha value is -2.23. The van der Waals surface area contributed by atoms with Crippen molar-refractivity contribution in [3.8, 4) is 11.5 Å². The lowest BCUT2D eigenvalue weighted by Crippen LogP contribution is -2.47. The summed E-state index contributed by atoms with van der Waals surface area (Å²) in [5.41, 5.74) is 1.70. The van der Waals surface area contributed by atoms with Crippen molar-refractivity contribution in [2.75, 3.05) is 71.3 Å². The van der Waals surface area contributed by atoms with E-state index in [0.717, 1.165) is 60.2 Å². The number of hydrogen-bond acceptors (Lipinski definition) is 9. The van der Waals surface area contributed by atoms with Gasteiger partial charge in [-0.2, -0.15) is 0 Å². The van der Waals surface area contributed by atoms with Crippen molar-refractivity contribution in [3.63, 3.8) is 0 Å². The quantitative estimate of drug-likeness (QED) is 0.218. The Bertz CT molecular complexity index is 1230. The predicted molar refractivity (Wildman–Crippen MR) is 152 cm³/mol. The summed E-state index contributed by atoms with van der Waals surface area (Å²) in [6, 6.07) is 11.7. The van der Waals surface area contributed by atoms with Gasteiger partial charge >= 0.3 is 0 Å². The molecule has 9 nitrogen and oxygen atoms in total. The van der Waals surface area contributed by atoms with Gasteiger partial charge in [0.2, 0.25) is 7.37 Å². The summed E-state index contributed by atoms with van der Waals surface area (Å²) >= 11 is 3.50. The van der Waals surface area contributed by atoms with Gasteiger partial charge in [0.1, 0.15) is 12.1 Å². The van der Waals surface area contributed by atoms with Crippen molar-refractivity contribution in [3.05, 3.63) is 47.2 Å². The minimum absolute atomic E-state index is 0.544. The SMILES string of the molecule is CCP(=O)(CN1CCN(CCCOc2cc3ncnc(Nc4cccc(Br)c4)c3cc2OC)CC1)OC. The molecule has 200 valence electrons. The Balaban J connectivity index is 1.31. The first-order chi connectivity index (χ1) is 17.9. The van der Waals surface area contributed by atoms with E-state index in [0.29, 0.717) is 36.4 Å². The van der Waals surface area contributed by atoms with Crippen LogP contribution in [-0.4, -0.2) is 85.8 Å². The maximum absolute atomic E-state index is 12.6. The van der Waals surface area contributed by atoms with Crippen LogP contribution in [0.1, 0.15) is 13.3 Å². The molecule has 0 spiro atoms. The largest absolute Gasteiger partial charge is 0.493 e. The van der Waals surface area contributed by atoms with E-state index in [1.54, 1.807) is 20.5 Å². The third kappa shape index (κ3) is 7.42. The molecule has 2 aromatic carbocycles. The van der Waals surface area contributed by atoms with Gasteiger partial charge in [-0.05, 0) is 30.7 Å². The zero-order valence-corrected chi connectivity index (χ0v) is 24.1. The lowest BCUT2D eigenvalue weighted by Gasteiger charge is -2.35. The summed E-state index contributed by atoms with van der Waals surface area (Å²) in [6.07, 6.45) is 3.56. The molecule has 4 rings (SSSR count). The maximum atomic E-state index is 12.6. The highest BCUT2D eigenvalue weighted by Crippen LogP contribution is 2.46. The van der Waals surface area contributed by atoms with Crippen LogP contribution in [0.3, 0.4) is 0 Å². The minimum Gasteiger partial charge on any atom is -0.493 e. The maximum Gasteiger partial charge on any atom is 0.216 e. The van der Waals surface area contributed by atoms with Crippen LogP contribution in [0.4, 0.5) is 11.5 Å². The third-order valence-corrected chi connectivity index (χ3v) is 9.53. The van der Waals surface area contributed by atoms with Gasteiger partial charge in [-0.25, -0.2) is 9.97 Å². The van der Waals surface area contributed by atoms with Crippen LogP contribution >= 0.6 is 23.3 Å². The Labute approximate surface area is 227 Å². The summed E-state index contributed by atoms with van der Waals surface area (Å²) in [5.74, 6) is 2.02. The number of hydrogen-bond donors (Lipinski definition) is 1. The van der Waals surface area contributed by atoms with Gasteiger partial charge in [0.15, 0.2) is 11.5 Å². The van der Waals surface area contributed by atoms with Gasteiger partial charge in [-0.1, -0.05) is 28.9 Å². The summed E-state index contributed by atoms with van der Waals surface area (Å²) in [7, 11) is 0.674. The normalized spacial score (nSPS) is 16.4.